The van der Waals surface area contributed by atoms with Crippen LogP contribution in [0.15, 0.2) is 12.1 Å². The third kappa shape index (κ3) is 5.56. The number of benzene rings is 1. The quantitative estimate of drug-likeness (QED) is 0.845. The molecule has 1 atom stereocenters. The fourth-order valence-corrected chi connectivity index (χ4v) is 3.53. The van der Waals surface area contributed by atoms with Crippen molar-refractivity contribution in [2.45, 2.75) is 40.5 Å². The van der Waals surface area contributed by atoms with Gasteiger partial charge in [-0.1, -0.05) is 24.6 Å². The molecule has 1 unspecified atom stereocenters. The molecule has 25 heavy (non-hydrogen) atoms. The average Bonchev–Trinajstić information content (AvgIpc) is 2.51. The molecule has 0 spiro atoms. The van der Waals surface area contributed by atoms with Gasteiger partial charge in [0.25, 0.3) is 11.8 Å². The van der Waals surface area contributed by atoms with E-state index < -0.39 is 0 Å². The second-order valence-corrected chi connectivity index (χ2v) is 7.70. The van der Waals surface area contributed by atoms with E-state index >= 15 is 0 Å². The van der Waals surface area contributed by atoms with Gasteiger partial charge in [0, 0.05) is 18.8 Å². The molecule has 1 aliphatic heterocycles. The number of likely N-dealkylation sites (tertiary alicyclic amines) is 1. The van der Waals surface area contributed by atoms with Gasteiger partial charge in [-0.3, -0.25) is 9.59 Å². The Morgan fingerprint density at radius 3 is 2.24 bits per heavy atom. The Balaban J connectivity index is 1.85. The first kappa shape index (κ1) is 19.4. The van der Waals surface area contributed by atoms with Gasteiger partial charge >= 0.3 is 0 Å². The predicted octanol–water partition coefficient (Wildman–Crippen LogP) is 1.32. The van der Waals surface area contributed by atoms with Crippen molar-refractivity contribution in [3.63, 3.8) is 0 Å². The summed E-state index contributed by atoms with van der Waals surface area (Å²) in [7, 11) is 1.90. The summed E-state index contributed by atoms with van der Waals surface area (Å²) in [6.45, 7) is 10.7. The van der Waals surface area contributed by atoms with Crippen LogP contribution in [-0.2, 0) is 9.59 Å². The number of hydrogen-bond donors (Lipinski definition) is 2. The summed E-state index contributed by atoms with van der Waals surface area (Å²) in [4.78, 5) is 27.6. The summed E-state index contributed by atoms with van der Waals surface area (Å²) in [5, 5.41) is 3.01. The van der Waals surface area contributed by atoms with Crippen LogP contribution in [0.3, 0.4) is 0 Å². The molecular weight excluding hydrogens is 314 g/mol. The second-order valence-electron chi connectivity index (χ2n) is 7.70. The van der Waals surface area contributed by atoms with E-state index in [9.17, 15) is 9.59 Å². The first-order valence-electron chi connectivity index (χ1n) is 9.23. The molecule has 138 valence electrons. The molecule has 0 saturated carbocycles. The van der Waals surface area contributed by atoms with Gasteiger partial charge in [-0.15, -0.1) is 0 Å². The van der Waals surface area contributed by atoms with E-state index in [0.717, 1.165) is 47.6 Å². The van der Waals surface area contributed by atoms with Crippen LogP contribution in [0.5, 0.6) is 0 Å². The first-order chi connectivity index (χ1) is 11.8. The van der Waals surface area contributed by atoms with Gasteiger partial charge in [-0.25, -0.2) is 0 Å². The maximum atomic E-state index is 12.4. The van der Waals surface area contributed by atoms with E-state index in [-0.39, 0.29) is 11.8 Å². The second kappa shape index (κ2) is 8.48. The summed E-state index contributed by atoms with van der Waals surface area (Å²) >= 11 is 0. The molecule has 0 radical (unpaired) electrons. The number of carbonyl (C=O) groups excluding carboxylic acids is 2. The number of carbonyl (C=O) groups is 2. The van der Waals surface area contributed by atoms with Gasteiger partial charge in [0.15, 0.2) is 13.1 Å². The highest BCUT2D eigenvalue weighted by Crippen LogP contribution is 2.21. The van der Waals surface area contributed by atoms with Crippen LogP contribution < -0.4 is 10.2 Å². The Hall–Kier alpha value is -1.88. The number of likely N-dealkylation sites (N-methyl/N-ethyl adjacent to an activating group) is 1. The number of hydrogen-bond acceptors (Lipinski definition) is 2. The van der Waals surface area contributed by atoms with Gasteiger partial charge < -0.3 is 15.1 Å². The first-order valence-corrected chi connectivity index (χ1v) is 9.23. The number of quaternary nitrogens is 1. The Morgan fingerprint density at radius 1 is 1.12 bits per heavy atom. The number of amides is 2. The van der Waals surface area contributed by atoms with Crippen molar-refractivity contribution in [2.75, 3.05) is 38.5 Å². The van der Waals surface area contributed by atoms with Gasteiger partial charge in [-0.2, -0.15) is 0 Å². The lowest BCUT2D eigenvalue weighted by Crippen LogP contribution is -3.11. The van der Waals surface area contributed by atoms with E-state index in [0.29, 0.717) is 19.0 Å². The van der Waals surface area contributed by atoms with E-state index in [1.165, 1.54) is 5.56 Å². The number of piperidine rings is 1. The van der Waals surface area contributed by atoms with Crippen LogP contribution >= 0.6 is 0 Å². The summed E-state index contributed by atoms with van der Waals surface area (Å²) in [5.41, 5.74) is 4.22. The zero-order chi connectivity index (χ0) is 18.6. The van der Waals surface area contributed by atoms with Crippen molar-refractivity contribution in [1.29, 1.82) is 0 Å². The molecule has 5 nitrogen and oxygen atoms in total. The lowest BCUT2D eigenvalue weighted by molar-refractivity contribution is -0.862. The topological polar surface area (TPSA) is 53.9 Å². The normalized spacial score (nSPS) is 16.6. The van der Waals surface area contributed by atoms with Gasteiger partial charge in [0.05, 0.1) is 7.05 Å². The molecule has 1 aromatic carbocycles. The van der Waals surface area contributed by atoms with E-state index in [1.54, 1.807) is 0 Å². The van der Waals surface area contributed by atoms with Crippen molar-refractivity contribution >= 4 is 17.5 Å². The largest absolute Gasteiger partial charge is 0.338 e. The fraction of sp³-hybridized carbons (Fsp3) is 0.600. The summed E-state index contributed by atoms with van der Waals surface area (Å²) in [6, 6.07) is 4.14. The van der Waals surface area contributed by atoms with Crippen LogP contribution in [0.25, 0.3) is 0 Å². The van der Waals surface area contributed by atoms with E-state index in [2.05, 4.69) is 31.3 Å². The van der Waals surface area contributed by atoms with E-state index in [4.69, 9.17) is 0 Å². The molecule has 1 aromatic rings. The minimum Gasteiger partial charge on any atom is -0.338 e. The molecule has 0 aliphatic carbocycles. The average molecular weight is 346 g/mol. The highest BCUT2D eigenvalue weighted by molar-refractivity contribution is 5.93. The smallest absolute Gasteiger partial charge is 0.279 e. The predicted molar refractivity (Wildman–Crippen MR) is 101 cm³/mol. The minimum absolute atomic E-state index is 0.0485. The molecule has 0 bridgehead atoms. The monoisotopic (exact) mass is 346 g/mol. The van der Waals surface area contributed by atoms with Crippen LogP contribution in [0.2, 0.25) is 0 Å². The van der Waals surface area contributed by atoms with Gasteiger partial charge in [-0.05, 0) is 50.7 Å². The number of anilines is 1. The standard InChI is InChI=1S/C20H31N3O2/c1-14-6-8-23(9-7-14)19(25)13-22(5)12-18(24)21-20-16(3)10-15(2)11-17(20)4/h10-11,14H,6-9,12-13H2,1-5H3,(H,21,24)/p+1. The number of aryl methyl sites for hydroxylation is 3. The van der Waals surface area contributed by atoms with Crippen LogP contribution in [0.4, 0.5) is 5.69 Å². The SMILES string of the molecule is Cc1cc(C)c(NC(=O)C[NH+](C)CC(=O)N2CCC(C)CC2)c(C)c1. The van der Waals surface area contributed by atoms with Crippen LogP contribution in [0.1, 0.15) is 36.5 Å². The molecular formula is C20H32N3O2+. The van der Waals surface area contributed by atoms with Crippen LogP contribution in [0, 0.1) is 26.7 Å². The Morgan fingerprint density at radius 2 is 1.68 bits per heavy atom. The van der Waals surface area contributed by atoms with Gasteiger partial charge in [0.2, 0.25) is 0 Å². The lowest BCUT2D eigenvalue weighted by atomic mass is 9.99. The Labute approximate surface area is 151 Å². The number of nitrogens with one attached hydrogen (secondary N) is 2. The lowest BCUT2D eigenvalue weighted by Gasteiger charge is -2.30. The molecule has 0 aromatic heterocycles. The molecule has 5 heteroatoms. The zero-order valence-corrected chi connectivity index (χ0v) is 16.2. The zero-order valence-electron chi connectivity index (χ0n) is 16.2. The minimum atomic E-state index is -0.0485. The third-order valence-electron chi connectivity index (χ3n) is 4.99. The molecule has 1 saturated heterocycles. The van der Waals surface area contributed by atoms with Crippen molar-refractivity contribution in [1.82, 2.24) is 4.90 Å². The van der Waals surface area contributed by atoms with Crippen molar-refractivity contribution < 1.29 is 14.5 Å². The Kier molecular flexibility index (Phi) is 6.59. The molecule has 2 rings (SSSR count). The fourth-order valence-electron chi connectivity index (χ4n) is 3.53. The van der Waals surface area contributed by atoms with Crippen molar-refractivity contribution in [3.05, 3.63) is 28.8 Å². The molecule has 2 N–H and O–H groups in total. The van der Waals surface area contributed by atoms with Crippen molar-refractivity contribution in [3.8, 4) is 0 Å². The van der Waals surface area contributed by atoms with Gasteiger partial charge in [0.1, 0.15) is 0 Å². The summed E-state index contributed by atoms with van der Waals surface area (Å²) in [5.74, 6) is 0.813. The highest BCUT2D eigenvalue weighted by Gasteiger charge is 2.23. The molecule has 1 aliphatic rings. The van der Waals surface area contributed by atoms with E-state index in [1.807, 2.05) is 25.8 Å². The van der Waals surface area contributed by atoms with Crippen molar-refractivity contribution in [2.24, 2.45) is 5.92 Å². The van der Waals surface area contributed by atoms with Crippen LogP contribution in [-0.4, -0.2) is 49.9 Å². The molecule has 1 fully saturated rings. The highest BCUT2D eigenvalue weighted by atomic mass is 16.2. The summed E-state index contributed by atoms with van der Waals surface area (Å²) < 4.78 is 0. The Bertz CT molecular complexity index is 611. The number of rotatable bonds is 5. The summed E-state index contributed by atoms with van der Waals surface area (Å²) in [6.07, 6.45) is 2.16. The maximum Gasteiger partial charge on any atom is 0.279 e. The molecule has 2 amide bonds. The number of nitrogens with zero attached hydrogens (tertiary/aromatic N) is 1. The molecule has 1 heterocycles. The maximum absolute atomic E-state index is 12.4. The third-order valence-corrected chi connectivity index (χ3v) is 4.99.